The highest BCUT2D eigenvalue weighted by Gasteiger charge is 2.14. The molecule has 0 heterocycles. The Morgan fingerprint density at radius 2 is 2.13 bits per heavy atom. The molecule has 0 fully saturated rings. The zero-order valence-electron chi connectivity index (χ0n) is 12.3. The van der Waals surface area contributed by atoms with Gasteiger partial charge < -0.3 is 20.5 Å². The molecule has 1 unspecified atom stereocenters. The summed E-state index contributed by atoms with van der Waals surface area (Å²) in [6.07, 6.45) is 0. The molecule has 0 saturated carbocycles. The summed E-state index contributed by atoms with van der Waals surface area (Å²) in [4.78, 5) is 12.0. The van der Waals surface area contributed by atoms with Crippen LogP contribution in [0.4, 0.5) is 14.9 Å². The number of urea groups is 1. The Balaban J connectivity index is 2.05. The number of aliphatic hydroxyl groups excluding tert-OH is 1. The van der Waals surface area contributed by atoms with Crippen LogP contribution in [0.3, 0.4) is 0 Å². The third kappa shape index (κ3) is 4.58. The highest BCUT2D eigenvalue weighted by Crippen LogP contribution is 2.21. The van der Waals surface area contributed by atoms with E-state index >= 15 is 0 Å². The largest absolute Gasteiger partial charge is 0.497 e. The first-order valence-electron chi connectivity index (χ1n) is 6.81. The first-order valence-corrected chi connectivity index (χ1v) is 7.18. The standard InChI is InChI=1S/C16H16ClFN2O3/c1-23-12-4-2-3-10(7-12)15(9-21)20-16(22)19-11-5-6-14(18)13(17)8-11/h2-8,15,21H,9H2,1H3,(H2,19,20,22). The molecule has 2 rings (SSSR count). The molecule has 2 aromatic carbocycles. The summed E-state index contributed by atoms with van der Waals surface area (Å²) >= 11 is 5.66. The Morgan fingerprint density at radius 1 is 1.35 bits per heavy atom. The zero-order chi connectivity index (χ0) is 16.8. The van der Waals surface area contributed by atoms with E-state index in [1.54, 1.807) is 24.3 Å². The molecule has 0 aliphatic carbocycles. The minimum Gasteiger partial charge on any atom is -0.497 e. The fourth-order valence-electron chi connectivity index (χ4n) is 1.99. The fourth-order valence-corrected chi connectivity index (χ4v) is 2.17. The van der Waals surface area contributed by atoms with Crippen molar-refractivity contribution in [2.75, 3.05) is 19.0 Å². The topological polar surface area (TPSA) is 70.6 Å². The lowest BCUT2D eigenvalue weighted by molar-refractivity contribution is 0.225. The van der Waals surface area contributed by atoms with Gasteiger partial charge in [-0.05, 0) is 35.9 Å². The average molecular weight is 339 g/mol. The summed E-state index contributed by atoms with van der Waals surface area (Å²) in [6, 6.07) is 9.69. The molecule has 0 spiro atoms. The van der Waals surface area contributed by atoms with E-state index in [9.17, 15) is 14.3 Å². The van der Waals surface area contributed by atoms with Crippen molar-refractivity contribution in [2.45, 2.75) is 6.04 Å². The van der Waals surface area contributed by atoms with Gasteiger partial charge in [-0.15, -0.1) is 0 Å². The van der Waals surface area contributed by atoms with Gasteiger partial charge in [0.25, 0.3) is 0 Å². The SMILES string of the molecule is COc1cccc(C(CO)NC(=O)Nc2ccc(F)c(Cl)c2)c1. The number of hydrogen-bond donors (Lipinski definition) is 3. The van der Waals surface area contributed by atoms with Gasteiger partial charge in [-0.3, -0.25) is 0 Å². The number of hydrogen-bond acceptors (Lipinski definition) is 3. The van der Waals surface area contributed by atoms with Crippen LogP contribution in [-0.2, 0) is 0 Å². The van der Waals surface area contributed by atoms with Crippen LogP contribution in [0.25, 0.3) is 0 Å². The van der Waals surface area contributed by atoms with Gasteiger partial charge in [0, 0.05) is 5.69 Å². The first kappa shape index (κ1) is 17.1. The molecule has 122 valence electrons. The lowest BCUT2D eigenvalue weighted by atomic mass is 10.1. The van der Waals surface area contributed by atoms with E-state index in [2.05, 4.69) is 10.6 Å². The zero-order valence-corrected chi connectivity index (χ0v) is 13.1. The molecule has 0 aromatic heterocycles. The van der Waals surface area contributed by atoms with Crippen molar-refractivity contribution in [3.8, 4) is 5.75 Å². The molecule has 0 aliphatic heterocycles. The number of ether oxygens (including phenoxy) is 1. The summed E-state index contributed by atoms with van der Waals surface area (Å²) in [5.74, 6) is 0.0516. The minimum absolute atomic E-state index is 0.0886. The molecular formula is C16H16ClFN2O3. The first-order chi connectivity index (χ1) is 11.0. The van der Waals surface area contributed by atoms with Gasteiger partial charge in [-0.25, -0.2) is 9.18 Å². The number of methoxy groups -OCH3 is 1. The predicted molar refractivity (Wildman–Crippen MR) is 86.4 cm³/mol. The number of rotatable bonds is 5. The van der Waals surface area contributed by atoms with Crippen LogP contribution in [0.15, 0.2) is 42.5 Å². The molecule has 0 saturated heterocycles. The summed E-state index contributed by atoms with van der Waals surface area (Å²) in [5.41, 5.74) is 1.04. The number of anilines is 1. The summed E-state index contributed by atoms with van der Waals surface area (Å²) in [7, 11) is 1.53. The summed E-state index contributed by atoms with van der Waals surface area (Å²) < 4.78 is 18.2. The fraction of sp³-hybridized carbons (Fsp3) is 0.188. The van der Waals surface area contributed by atoms with Gasteiger partial charge in [0.1, 0.15) is 11.6 Å². The van der Waals surface area contributed by atoms with Crippen molar-refractivity contribution in [3.05, 3.63) is 58.9 Å². The van der Waals surface area contributed by atoms with Crippen molar-refractivity contribution in [1.82, 2.24) is 5.32 Å². The molecule has 3 N–H and O–H groups in total. The van der Waals surface area contributed by atoms with Crippen LogP contribution in [0.5, 0.6) is 5.75 Å². The van der Waals surface area contributed by atoms with Gasteiger partial charge >= 0.3 is 6.03 Å². The minimum atomic E-state index is -0.610. The second-order valence-electron chi connectivity index (χ2n) is 4.74. The summed E-state index contributed by atoms with van der Waals surface area (Å²) in [5, 5.41) is 14.5. The van der Waals surface area contributed by atoms with Crippen LogP contribution in [0.2, 0.25) is 5.02 Å². The Morgan fingerprint density at radius 3 is 2.78 bits per heavy atom. The van der Waals surface area contributed by atoms with Crippen molar-refractivity contribution in [3.63, 3.8) is 0 Å². The number of nitrogens with one attached hydrogen (secondary N) is 2. The Labute approximate surface area is 138 Å². The maximum Gasteiger partial charge on any atom is 0.319 e. The highest BCUT2D eigenvalue weighted by atomic mass is 35.5. The van der Waals surface area contributed by atoms with E-state index in [1.165, 1.54) is 19.2 Å². The van der Waals surface area contributed by atoms with Gasteiger partial charge in [0.2, 0.25) is 0 Å². The number of amides is 2. The third-order valence-electron chi connectivity index (χ3n) is 3.16. The normalized spacial score (nSPS) is 11.7. The molecule has 0 bridgehead atoms. The second kappa shape index (κ2) is 7.80. The van der Waals surface area contributed by atoms with Crippen LogP contribution in [-0.4, -0.2) is 24.9 Å². The summed E-state index contributed by atoms with van der Waals surface area (Å²) in [6.45, 7) is -0.287. The van der Waals surface area contributed by atoms with E-state index in [0.717, 1.165) is 6.07 Å². The van der Waals surface area contributed by atoms with Crippen molar-refractivity contribution < 1.29 is 19.0 Å². The van der Waals surface area contributed by atoms with Crippen LogP contribution >= 0.6 is 11.6 Å². The van der Waals surface area contributed by atoms with Crippen LogP contribution in [0, 0.1) is 5.82 Å². The molecule has 23 heavy (non-hydrogen) atoms. The number of aliphatic hydroxyl groups is 1. The lowest BCUT2D eigenvalue weighted by Gasteiger charge is -2.18. The van der Waals surface area contributed by atoms with Crippen LogP contribution < -0.4 is 15.4 Å². The Kier molecular flexibility index (Phi) is 5.78. The second-order valence-corrected chi connectivity index (χ2v) is 5.15. The third-order valence-corrected chi connectivity index (χ3v) is 3.45. The maximum absolute atomic E-state index is 13.1. The Hall–Kier alpha value is -2.31. The molecule has 0 aliphatic rings. The highest BCUT2D eigenvalue weighted by molar-refractivity contribution is 6.31. The van der Waals surface area contributed by atoms with E-state index in [-0.39, 0.29) is 11.6 Å². The van der Waals surface area contributed by atoms with Gasteiger partial charge in [-0.2, -0.15) is 0 Å². The monoisotopic (exact) mass is 338 g/mol. The van der Waals surface area contributed by atoms with Gasteiger partial charge in [0.15, 0.2) is 0 Å². The molecule has 7 heteroatoms. The number of benzene rings is 2. The molecule has 5 nitrogen and oxygen atoms in total. The molecule has 0 radical (unpaired) electrons. The van der Waals surface area contributed by atoms with E-state index in [1.807, 2.05) is 0 Å². The Bertz CT molecular complexity index is 697. The number of carbonyl (C=O) groups excluding carboxylic acids is 1. The van der Waals surface area contributed by atoms with Crippen molar-refractivity contribution >= 4 is 23.3 Å². The quantitative estimate of drug-likeness (QED) is 0.783. The van der Waals surface area contributed by atoms with Crippen molar-refractivity contribution in [2.24, 2.45) is 0 Å². The smallest absolute Gasteiger partial charge is 0.319 e. The predicted octanol–water partition coefficient (Wildman–Crippen LogP) is 3.34. The molecule has 1 atom stereocenters. The molecule has 2 aromatic rings. The van der Waals surface area contributed by atoms with E-state index in [0.29, 0.717) is 17.0 Å². The van der Waals surface area contributed by atoms with E-state index < -0.39 is 17.9 Å². The number of carbonyl (C=O) groups is 1. The lowest BCUT2D eigenvalue weighted by Crippen LogP contribution is -2.34. The molecule has 2 amide bonds. The van der Waals surface area contributed by atoms with Gasteiger partial charge in [-0.1, -0.05) is 23.7 Å². The van der Waals surface area contributed by atoms with E-state index in [4.69, 9.17) is 16.3 Å². The average Bonchev–Trinajstić information content (AvgIpc) is 2.56. The van der Waals surface area contributed by atoms with Crippen LogP contribution in [0.1, 0.15) is 11.6 Å². The van der Waals surface area contributed by atoms with Gasteiger partial charge in [0.05, 0.1) is 24.8 Å². The number of halogens is 2. The molecular weight excluding hydrogens is 323 g/mol. The maximum atomic E-state index is 13.1. The van der Waals surface area contributed by atoms with Crippen molar-refractivity contribution in [1.29, 1.82) is 0 Å².